The SMILES string of the molecule is COc1cc(F)ccc1-c1cc(NC(=O)C2CCCCC2)ncc1F. The Bertz CT molecular complexity index is 774. The van der Waals surface area contributed by atoms with Gasteiger partial charge in [-0.1, -0.05) is 19.3 Å². The van der Waals surface area contributed by atoms with Crippen LogP contribution in [0.25, 0.3) is 11.1 Å². The van der Waals surface area contributed by atoms with Gasteiger partial charge in [-0.3, -0.25) is 4.79 Å². The topological polar surface area (TPSA) is 51.2 Å². The molecule has 0 spiro atoms. The molecule has 1 heterocycles. The molecule has 132 valence electrons. The molecule has 4 nitrogen and oxygen atoms in total. The molecule has 2 aromatic rings. The number of carbonyl (C=O) groups is 1. The van der Waals surface area contributed by atoms with Crippen molar-refractivity contribution < 1.29 is 18.3 Å². The van der Waals surface area contributed by atoms with E-state index in [1.54, 1.807) is 0 Å². The van der Waals surface area contributed by atoms with E-state index < -0.39 is 11.6 Å². The maximum absolute atomic E-state index is 14.2. The highest BCUT2D eigenvalue weighted by molar-refractivity contribution is 5.92. The van der Waals surface area contributed by atoms with Gasteiger partial charge in [-0.2, -0.15) is 0 Å². The van der Waals surface area contributed by atoms with Crippen LogP contribution < -0.4 is 10.1 Å². The zero-order chi connectivity index (χ0) is 17.8. The molecule has 1 aliphatic rings. The second kappa shape index (κ2) is 7.59. The number of nitrogens with one attached hydrogen (secondary N) is 1. The molecule has 0 unspecified atom stereocenters. The molecule has 1 aromatic heterocycles. The summed E-state index contributed by atoms with van der Waals surface area (Å²) in [4.78, 5) is 16.3. The van der Waals surface area contributed by atoms with Crippen LogP contribution in [0.5, 0.6) is 5.75 Å². The summed E-state index contributed by atoms with van der Waals surface area (Å²) in [6.07, 6.45) is 6.04. The van der Waals surface area contributed by atoms with Crippen molar-refractivity contribution in [2.75, 3.05) is 12.4 Å². The number of hydrogen-bond donors (Lipinski definition) is 1. The van der Waals surface area contributed by atoms with Gasteiger partial charge < -0.3 is 10.1 Å². The number of ether oxygens (including phenoxy) is 1. The molecule has 1 aliphatic carbocycles. The Labute approximate surface area is 145 Å². The number of carbonyl (C=O) groups excluding carboxylic acids is 1. The van der Waals surface area contributed by atoms with Gasteiger partial charge in [0.2, 0.25) is 5.91 Å². The van der Waals surface area contributed by atoms with E-state index in [1.165, 1.54) is 31.4 Å². The van der Waals surface area contributed by atoms with Crippen molar-refractivity contribution in [1.82, 2.24) is 4.98 Å². The second-order valence-electron chi connectivity index (χ2n) is 6.22. The fourth-order valence-corrected chi connectivity index (χ4v) is 3.19. The van der Waals surface area contributed by atoms with Gasteiger partial charge in [0.05, 0.1) is 13.3 Å². The third kappa shape index (κ3) is 3.95. The minimum Gasteiger partial charge on any atom is -0.496 e. The van der Waals surface area contributed by atoms with Crippen LogP contribution in [-0.4, -0.2) is 18.0 Å². The van der Waals surface area contributed by atoms with E-state index in [4.69, 9.17) is 4.74 Å². The molecule has 1 N–H and O–H groups in total. The van der Waals surface area contributed by atoms with E-state index in [2.05, 4.69) is 10.3 Å². The van der Waals surface area contributed by atoms with Crippen LogP contribution in [0.4, 0.5) is 14.6 Å². The number of nitrogens with zero attached hydrogens (tertiary/aromatic N) is 1. The number of aromatic nitrogens is 1. The molecular formula is C19H20F2N2O2. The van der Waals surface area contributed by atoms with E-state index in [-0.39, 0.29) is 29.0 Å². The largest absolute Gasteiger partial charge is 0.496 e. The molecule has 0 saturated heterocycles. The Balaban J connectivity index is 1.87. The molecule has 3 rings (SSSR count). The summed E-state index contributed by atoms with van der Waals surface area (Å²) in [5, 5.41) is 2.77. The van der Waals surface area contributed by atoms with E-state index in [0.717, 1.165) is 38.3 Å². The van der Waals surface area contributed by atoms with Gasteiger partial charge in [-0.05, 0) is 31.0 Å². The fourth-order valence-electron chi connectivity index (χ4n) is 3.19. The molecule has 1 saturated carbocycles. The molecule has 6 heteroatoms. The van der Waals surface area contributed by atoms with Crippen molar-refractivity contribution in [2.24, 2.45) is 5.92 Å². The van der Waals surface area contributed by atoms with Crippen molar-refractivity contribution in [3.05, 3.63) is 42.1 Å². The average molecular weight is 346 g/mol. The standard InChI is InChI=1S/C19H20F2N2O2/c1-25-17-9-13(20)7-8-14(17)15-10-18(22-11-16(15)21)23-19(24)12-5-3-2-4-6-12/h7-12H,2-6H2,1H3,(H,22,23,24). The number of benzene rings is 1. The van der Waals surface area contributed by atoms with E-state index >= 15 is 0 Å². The summed E-state index contributed by atoms with van der Waals surface area (Å²) in [7, 11) is 1.39. The quantitative estimate of drug-likeness (QED) is 0.883. The summed E-state index contributed by atoms with van der Waals surface area (Å²) in [5.41, 5.74) is 0.600. The summed E-state index contributed by atoms with van der Waals surface area (Å²) in [6.45, 7) is 0. The maximum Gasteiger partial charge on any atom is 0.228 e. The predicted octanol–water partition coefficient (Wildman–Crippen LogP) is 4.55. The molecule has 0 bridgehead atoms. The Kier molecular flexibility index (Phi) is 5.26. The first-order valence-electron chi connectivity index (χ1n) is 8.39. The summed E-state index contributed by atoms with van der Waals surface area (Å²) < 4.78 is 32.7. The Morgan fingerprint density at radius 1 is 1.16 bits per heavy atom. The van der Waals surface area contributed by atoms with Gasteiger partial charge in [-0.15, -0.1) is 0 Å². The number of hydrogen-bond acceptors (Lipinski definition) is 3. The summed E-state index contributed by atoms with van der Waals surface area (Å²) in [5.74, 6) is -0.658. The third-order valence-electron chi connectivity index (χ3n) is 4.54. The van der Waals surface area contributed by atoms with Crippen molar-refractivity contribution in [3.63, 3.8) is 0 Å². The highest BCUT2D eigenvalue weighted by Gasteiger charge is 2.22. The molecule has 1 amide bonds. The van der Waals surface area contributed by atoms with Gasteiger partial charge >= 0.3 is 0 Å². The average Bonchev–Trinajstić information content (AvgIpc) is 2.64. The van der Waals surface area contributed by atoms with Gasteiger partial charge in [0, 0.05) is 23.1 Å². The summed E-state index contributed by atoms with van der Waals surface area (Å²) in [6, 6.07) is 5.32. The number of anilines is 1. The summed E-state index contributed by atoms with van der Waals surface area (Å²) >= 11 is 0. The van der Waals surface area contributed by atoms with Crippen molar-refractivity contribution in [3.8, 4) is 16.9 Å². The normalized spacial score (nSPS) is 15.0. The lowest BCUT2D eigenvalue weighted by Crippen LogP contribution is -2.25. The Morgan fingerprint density at radius 3 is 2.64 bits per heavy atom. The smallest absolute Gasteiger partial charge is 0.228 e. The van der Waals surface area contributed by atoms with Crippen molar-refractivity contribution in [1.29, 1.82) is 0 Å². The molecule has 25 heavy (non-hydrogen) atoms. The zero-order valence-electron chi connectivity index (χ0n) is 14.0. The fraction of sp³-hybridized carbons (Fsp3) is 0.368. The predicted molar refractivity (Wildman–Crippen MR) is 91.3 cm³/mol. The van der Waals surface area contributed by atoms with Gasteiger partial charge in [-0.25, -0.2) is 13.8 Å². The molecule has 0 radical (unpaired) electrons. The van der Waals surface area contributed by atoms with E-state index in [9.17, 15) is 13.6 Å². The molecular weight excluding hydrogens is 326 g/mol. The van der Waals surface area contributed by atoms with Crippen LogP contribution in [0.3, 0.4) is 0 Å². The first-order chi connectivity index (χ1) is 12.1. The van der Waals surface area contributed by atoms with E-state index in [0.29, 0.717) is 5.56 Å². The minimum atomic E-state index is -0.569. The highest BCUT2D eigenvalue weighted by atomic mass is 19.1. The first-order valence-corrected chi connectivity index (χ1v) is 8.39. The number of pyridine rings is 1. The monoisotopic (exact) mass is 346 g/mol. The number of rotatable bonds is 4. The van der Waals surface area contributed by atoms with Crippen LogP contribution in [0.15, 0.2) is 30.5 Å². The molecule has 0 aliphatic heterocycles. The molecule has 1 fully saturated rings. The van der Waals surface area contributed by atoms with Crippen LogP contribution in [0, 0.1) is 17.6 Å². The highest BCUT2D eigenvalue weighted by Crippen LogP contribution is 2.33. The molecule has 1 aromatic carbocycles. The number of amides is 1. The van der Waals surface area contributed by atoms with Crippen LogP contribution in [0.1, 0.15) is 32.1 Å². The van der Waals surface area contributed by atoms with Crippen LogP contribution in [-0.2, 0) is 4.79 Å². The van der Waals surface area contributed by atoms with Gasteiger partial charge in [0.1, 0.15) is 23.2 Å². The van der Waals surface area contributed by atoms with Crippen LogP contribution in [0.2, 0.25) is 0 Å². The first kappa shape index (κ1) is 17.3. The minimum absolute atomic E-state index is 0.0237. The lowest BCUT2D eigenvalue weighted by Gasteiger charge is -2.20. The zero-order valence-corrected chi connectivity index (χ0v) is 14.0. The van der Waals surface area contributed by atoms with Gasteiger partial charge in [0.25, 0.3) is 0 Å². The maximum atomic E-state index is 14.2. The van der Waals surface area contributed by atoms with Gasteiger partial charge in [0.15, 0.2) is 0 Å². The van der Waals surface area contributed by atoms with Crippen molar-refractivity contribution in [2.45, 2.75) is 32.1 Å². The van der Waals surface area contributed by atoms with E-state index in [1.807, 2.05) is 0 Å². The number of methoxy groups -OCH3 is 1. The lowest BCUT2D eigenvalue weighted by atomic mass is 9.89. The second-order valence-corrected chi connectivity index (χ2v) is 6.22. The lowest BCUT2D eigenvalue weighted by molar-refractivity contribution is -0.120. The third-order valence-corrected chi connectivity index (χ3v) is 4.54. The molecule has 0 atom stereocenters. The van der Waals surface area contributed by atoms with Crippen molar-refractivity contribution >= 4 is 11.7 Å². The number of halogens is 2. The Hall–Kier alpha value is -2.50. The Morgan fingerprint density at radius 2 is 1.92 bits per heavy atom. The van der Waals surface area contributed by atoms with Crippen LogP contribution >= 0.6 is 0 Å².